The summed E-state index contributed by atoms with van der Waals surface area (Å²) in [5.74, 6) is -1.74. The van der Waals surface area contributed by atoms with Gasteiger partial charge in [-0.05, 0) is 36.5 Å². The third-order valence-electron chi connectivity index (χ3n) is 5.18. The molecule has 1 amide bonds. The molecule has 0 heterocycles. The second kappa shape index (κ2) is 5.74. The van der Waals surface area contributed by atoms with Crippen LogP contribution in [0.25, 0.3) is 0 Å². The molecule has 4 nitrogen and oxygen atoms in total. The van der Waals surface area contributed by atoms with Gasteiger partial charge in [-0.15, -0.1) is 0 Å². The van der Waals surface area contributed by atoms with Crippen molar-refractivity contribution in [1.29, 1.82) is 0 Å². The molecule has 0 saturated heterocycles. The number of anilines is 1. The Morgan fingerprint density at radius 2 is 1.86 bits per heavy atom. The van der Waals surface area contributed by atoms with Crippen molar-refractivity contribution in [1.82, 2.24) is 0 Å². The van der Waals surface area contributed by atoms with Gasteiger partial charge in [-0.25, -0.2) is 0 Å². The van der Waals surface area contributed by atoms with Crippen LogP contribution < -0.4 is 10.4 Å². The van der Waals surface area contributed by atoms with Gasteiger partial charge in [0.15, 0.2) is 0 Å². The van der Waals surface area contributed by atoms with Gasteiger partial charge >= 0.3 is 0 Å². The number of benzene rings is 1. The molecule has 0 aliphatic heterocycles. The highest BCUT2D eigenvalue weighted by molar-refractivity contribution is 6.42. The quantitative estimate of drug-likeness (QED) is 0.917. The molecule has 1 saturated carbocycles. The van der Waals surface area contributed by atoms with Gasteiger partial charge in [0.25, 0.3) is 0 Å². The van der Waals surface area contributed by atoms with Gasteiger partial charge in [0.1, 0.15) is 0 Å². The number of rotatable bonds is 3. The van der Waals surface area contributed by atoms with Crippen LogP contribution in [0.3, 0.4) is 0 Å². The normalized spacial score (nSPS) is 26.7. The fourth-order valence-electron chi connectivity index (χ4n) is 3.13. The topological polar surface area (TPSA) is 69.2 Å². The number of carbonyl (C=O) groups is 2. The molecule has 1 fully saturated rings. The highest BCUT2D eigenvalue weighted by Gasteiger charge is 2.54. The number of nitrogens with one attached hydrogen (secondary N) is 1. The molecule has 0 spiro atoms. The van der Waals surface area contributed by atoms with E-state index in [4.69, 9.17) is 23.2 Å². The summed E-state index contributed by atoms with van der Waals surface area (Å²) in [6, 6.07) is 4.83. The van der Waals surface area contributed by atoms with E-state index in [1.54, 1.807) is 39.0 Å². The maximum atomic E-state index is 12.5. The fourth-order valence-corrected chi connectivity index (χ4v) is 3.43. The molecule has 0 bridgehead atoms. The molecular weight excluding hydrogens is 325 g/mol. The molecule has 1 aromatic carbocycles. The first kappa shape index (κ1) is 17.1. The predicted octanol–water partition coefficient (Wildman–Crippen LogP) is 3.12. The smallest absolute Gasteiger partial charge is 0.228 e. The summed E-state index contributed by atoms with van der Waals surface area (Å²) < 4.78 is 0. The molecule has 1 N–H and O–H groups in total. The average molecular weight is 343 g/mol. The average Bonchev–Trinajstić information content (AvgIpc) is 2.66. The lowest BCUT2D eigenvalue weighted by atomic mass is 9.65. The molecule has 0 unspecified atom stereocenters. The third-order valence-corrected chi connectivity index (χ3v) is 5.92. The van der Waals surface area contributed by atoms with Gasteiger partial charge in [-0.1, -0.05) is 44.0 Å². The highest BCUT2D eigenvalue weighted by Crippen LogP contribution is 2.55. The molecule has 1 aliphatic carbocycles. The molecule has 0 radical (unpaired) electrons. The van der Waals surface area contributed by atoms with E-state index in [9.17, 15) is 14.7 Å². The Hall–Kier alpha value is -1.26. The number of carboxylic acids is 1. The van der Waals surface area contributed by atoms with E-state index >= 15 is 0 Å². The van der Waals surface area contributed by atoms with E-state index in [0.29, 0.717) is 28.6 Å². The first-order valence-corrected chi connectivity index (χ1v) is 7.82. The van der Waals surface area contributed by atoms with Gasteiger partial charge < -0.3 is 15.2 Å². The van der Waals surface area contributed by atoms with E-state index < -0.39 is 22.7 Å². The lowest BCUT2D eigenvalue weighted by Crippen LogP contribution is -2.49. The van der Waals surface area contributed by atoms with Crippen LogP contribution in [0.1, 0.15) is 33.6 Å². The Bertz CT molecular complexity index is 630. The fraction of sp³-hybridized carbons (Fsp3) is 0.500. The number of carboxylic acid groups (broad SMARTS) is 1. The molecule has 2 atom stereocenters. The van der Waals surface area contributed by atoms with Crippen molar-refractivity contribution in [2.24, 2.45) is 16.7 Å². The van der Waals surface area contributed by atoms with Crippen LogP contribution in [-0.4, -0.2) is 11.9 Å². The van der Waals surface area contributed by atoms with Crippen LogP contribution in [0, 0.1) is 16.7 Å². The molecular formula is C16H18Cl2NO3-. The van der Waals surface area contributed by atoms with Crippen LogP contribution in [0.4, 0.5) is 5.69 Å². The standard InChI is InChI=1S/C16H19Cl2NO3/c1-15(2)10(6-7-16(15,3)14(21)22)13(20)19-9-4-5-11(17)12(18)8-9/h4-5,8,10H,6-7H2,1-3H3,(H,19,20)(H,21,22)/p-1/t10-,16-/m1/s1. The Kier molecular flexibility index (Phi) is 4.46. The van der Waals surface area contributed by atoms with Crippen molar-refractivity contribution in [3.63, 3.8) is 0 Å². The van der Waals surface area contributed by atoms with E-state index in [1.165, 1.54) is 0 Å². The summed E-state index contributed by atoms with van der Waals surface area (Å²) >= 11 is 11.8. The molecule has 1 aliphatic rings. The van der Waals surface area contributed by atoms with Crippen molar-refractivity contribution in [2.45, 2.75) is 33.6 Å². The number of aliphatic carboxylic acids is 1. The molecule has 22 heavy (non-hydrogen) atoms. The summed E-state index contributed by atoms with van der Waals surface area (Å²) in [4.78, 5) is 24.0. The summed E-state index contributed by atoms with van der Waals surface area (Å²) in [5, 5.41) is 15.0. The van der Waals surface area contributed by atoms with Gasteiger partial charge in [-0.2, -0.15) is 0 Å². The van der Waals surface area contributed by atoms with E-state index in [1.807, 2.05) is 0 Å². The zero-order valence-corrected chi connectivity index (χ0v) is 14.2. The highest BCUT2D eigenvalue weighted by atomic mass is 35.5. The van der Waals surface area contributed by atoms with E-state index in [-0.39, 0.29) is 5.91 Å². The van der Waals surface area contributed by atoms with E-state index in [2.05, 4.69) is 5.32 Å². The van der Waals surface area contributed by atoms with Crippen LogP contribution >= 0.6 is 23.2 Å². The number of halogens is 2. The molecule has 6 heteroatoms. The van der Waals surface area contributed by atoms with Crippen LogP contribution in [0.5, 0.6) is 0 Å². The minimum Gasteiger partial charge on any atom is -0.550 e. The number of hydrogen-bond acceptors (Lipinski definition) is 3. The maximum Gasteiger partial charge on any atom is 0.228 e. The van der Waals surface area contributed by atoms with Gasteiger partial charge in [0.2, 0.25) is 5.91 Å². The first-order valence-electron chi connectivity index (χ1n) is 7.07. The minimum atomic E-state index is -1.11. The monoisotopic (exact) mass is 342 g/mol. The van der Waals surface area contributed by atoms with Crippen molar-refractivity contribution in [2.75, 3.05) is 5.32 Å². The van der Waals surface area contributed by atoms with Gasteiger partial charge in [0, 0.05) is 23.0 Å². The number of hydrogen-bond donors (Lipinski definition) is 1. The molecule has 120 valence electrons. The molecule has 2 rings (SSSR count). The largest absolute Gasteiger partial charge is 0.550 e. The zero-order valence-electron chi connectivity index (χ0n) is 12.7. The van der Waals surface area contributed by atoms with Gasteiger partial charge in [0.05, 0.1) is 10.0 Å². The Morgan fingerprint density at radius 1 is 1.23 bits per heavy atom. The lowest BCUT2D eigenvalue weighted by molar-refractivity contribution is -0.323. The SMILES string of the molecule is CC1(C)[C@@H](C(=O)Nc2ccc(Cl)c(Cl)c2)CC[C@]1(C)C(=O)[O-]. The van der Waals surface area contributed by atoms with Crippen LogP contribution in [0.15, 0.2) is 18.2 Å². The first-order chi connectivity index (χ1) is 10.1. The molecule has 1 aromatic rings. The summed E-state index contributed by atoms with van der Waals surface area (Å²) in [6.45, 7) is 5.25. The third kappa shape index (κ3) is 2.70. The van der Waals surface area contributed by atoms with Crippen molar-refractivity contribution < 1.29 is 14.7 Å². The Balaban J connectivity index is 2.20. The Morgan fingerprint density at radius 3 is 2.36 bits per heavy atom. The molecule has 0 aromatic heterocycles. The van der Waals surface area contributed by atoms with Crippen molar-refractivity contribution in [3.8, 4) is 0 Å². The summed E-state index contributed by atoms with van der Waals surface area (Å²) in [5.41, 5.74) is -1.18. The maximum absolute atomic E-state index is 12.5. The zero-order chi connectivity index (χ0) is 16.7. The van der Waals surface area contributed by atoms with E-state index in [0.717, 1.165) is 0 Å². The van der Waals surface area contributed by atoms with Crippen molar-refractivity contribution in [3.05, 3.63) is 28.2 Å². The lowest BCUT2D eigenvalue weighted by Gasteiger charge is -2.41. The second-order valence-corrected chi connectivity index (χ2v) is 7.37. The summed E-state index contributed by atoms with van der Waals surface area (Å²) in [6.07, 6.45) is 0.923. The van der Waals surface area contributed by atoms with Gasteiger partial charge in [-0.3, -0.25) is 4.79 Å². The number of carbonyl (C=O) groups excluding carboxylic acids is 2. The Labute approximate surface area is 139 Å². The minimum absolute atomic E-state index is 0.214. The van der Waals surface area contributed by atoms with Crippen molar-refractivity contribution >= 4 is 40.8 Å². The second-order valence-electron chi connectivity index (χ2n) is 6.55. The number of amides is 1. The van der Waals surface area contributed by atoms with Crippen LogP contribution in [-0.2, 0) is 9.59 Å². The van der Waals surface area contributed by atoms with Crippen LogP contribution in [0.2, 0.25) is 10.0 Å². The predicted molar refractivity (Wildman–Crippen MR) is 84.7 cm³/mol. The summed E-state index contributed by atoms with van der Waals surface area (Å²) in [7, 11) is 0.